The van der Waals surface area contributed by atoms with Crippen LogP contribution in [0.1, 0.15) is 19.3 Å². The van der Waals surface area contributed by atoms with Crippen LogP contribution in [0, 0.1) is 5.92 Å². The van der Waals surface area contributed by atoms with Gasteiger partial charge in [0.2, 0.25) is 0 Å². The average Bonchev–Trinajstić information content (AvgIpc) is 2.16. The molecule has 0 aromatic heterocycles. The van der Waals surface area contributed by atoms with E-state index >= 15 is 0 Å². The maximum atomic E-state index is 2.46. The van der Waals surface area contributed by atoms with E-state index in [9.17, 15) is 0 Å². The van der Waals surface area contributed by atoms with E-state index in [2.05, 4.69) is 43.1 Å². The van der Waals surface area contributed by atoms with Gasteiger partial charge in [0, 0.05) is 19.6 Å². The van der Waals surface area contributed by atoms with Crippen molar-refractivity contribution in [1.82, 2.24) is 9.80 Å². The van der Waals surface area contributed by atoms with Gasteiger partial charge in [-0.15, -0.1) is 0 Å². The highest BCUT2D eigenvalue weighted by molar-refractivity contribution is 4.90. The monoisotopic (exact) mass is 196 g/mol. The summed E-state index contributed by atoms with van der Waals surface area (Å²) in [4.78, 5) is 4.71. The van der Waals surface area contributed by atoms with Crippen LogP contribution in [0.3, 0.4) is 0 Å². The van der Waals surface area contributed by atoms with Gasteiger partial charge in [-0.05, 0) is 46.3 Å². The Morgan fingerprint density at radius 3 is 2.50 bits per heavy atom. The average molecular weight is 196 g/mol. The molecule has 0 amide bonds. The van der Waals surface area contributed by atoms with Crippen LogP contribution in [0.25, 0.3) is 0 Å². The van der Waals surface area contributed by atoms with Gasteiger partial charge in [0.15, 0.2) is 0 Å². The fourth-order valence-corrected chi connectivity index (χ4v) is 1.92. The fourth-order valence-electron chi connectivity index (χ4n) is 1.92. The third-order valence-electron chi connectivity index (χ3n) is 2.88. The first kappa shape index (κ1) is 11.7. The van der Waals surface area contributed by atoms with Crippen LogP contribution in [-0.4, -0.2) is 50.6 Å². The molecule has 0 saturated carbocycles. The lowest BCUT2D eigenvalue weighted by atomic mass is 9.94. The molecule has 14 heavy (non-hydrogen) atoms. The molecule has 0 radical (unpaired) electrons. The quantitative estimate of drug-likeness (QED) is 0.619. The van der Waals surface area contributed by atoms with Gasteiger partial charge in [-0.3, -0.25) is 0 Å². The van der Waals surface area contributed by atoms with Gasteiger partial charge in [-0.2, -0.15) is 0 Å². The zero-order valence-corrected chi connectivity index (χ0v) is 9.87. The molecule has 0 N–H and O–H groups in total. The minimum absolute atomic E-state index is 0.896. The molecule has 1 unspecified atom stereocenters. The van der Waals surface area contributed by atoms with E-state index in [-0.39, 0.29) is 0 Å². The van der Waals surface area contributed by atoms with Crippen LogP contribution >= 0.6 is 0 Å². The van der Waals surface area contributed by atoms with Crippen LogP contribution in [-0.2, 0) is 0 Å². The van der Waals surface area contributed by atoms with Crippen molar-refractivity contribution in [3.05, 3.63) is 12.2 Å². The molecule has 0 saturated heterocycles. The first-order valence-corrected chi connectivity index (χ1v) is 5.66. The summed E-state index contributed by atoms with van der Waals surface area (Å²) in [5, 5.41) is 0. The lowest BCUT2D eigenvalue weighted by molar-refractivity contribution is 0.239. The molecule has 1 aliphatic rings. The highest BCUT2D eigenvalue weighted by atomic mass is 15.1. The van der Waals surface area contributed by atoms with Crippen molar-refractivity contribution in [2.45, 2.75) is 19.3 Å². The predicted octanol–water partition coefficient (Wildman–Crippen LogP) is 1.84. The molecule has 0 aromatic carbocycles. The largest absolute Gasteiger partial charge is 0.308 e. The van der Waals surface area contributed by atoms with E-state index in [1.807, 2.05) is 0 Å². The summed E-state index contributed by atoms with van der Waals surface area (Å²) in [6.45, 7) is 3.62. The summed E-state index contributed by atoms with van der Waals surface area (Å²) in [6, 6.07) is 0. The molecule has 0 heterocycles. The van der Waals surface area contributed by atoms with Gasteiger partial charge < -0.3 is 9.80 Å². The van der Waals surface area contributed by atoms with Crippen molar-refractivity contribution >= 4 is 0 Å². The summed E-state index contributed by atoms with van der Waals surface area (Å²) in [6.07, 6.45) is 8.60. The van der Waals surface area contributed by atoms with Gasteiger partial charge in [-0.25, -0.2) is 0 Å². The molecule has 82 valence electrons. The maximum Gasteiger partial charge on any atom is 0.0106 e. The Hall–Kier alpha value is -0.340. The van der Waals surface area contributed by atoms with Crippen molar-refractivity contribution in [2.24, 2.45) is 5.92 Å². The van der Waals surface area contributed by atoms with Crippen molar-refractivity contribution < 1.29 is 0 Å². The second kappa shape index (κ2) is 6.20. The third kappa shape index (κ3) is 4.77. The van der Waals surface area contributed by atoms with Crippen LogP contribution in [0.15, 0.2) is 12.2 Å². The summed E-state index contributed by atoms with van der Waals surface area (Å²) >= 11 is 0. The van der Waals surface area contributed by atoms with Gasteiger partial charge in [-0.1, -0.05) is 12.2 Å². The lowest BCUT2D eigenvalue weighted by Crippen LogP contribution is -2.32. The van der Waals surface area contributed by atoms with E-state index in [1.54, 1.807) is 0 Å². The molecule has 0 spiro atoms. The maximum absolute atomic E-state index is 2.46. The molecule has 2 nitrogen and oxygen atoms in total. The standard InChI is InChI=1S/C12H24N2/c1-13(2)9-10-14(3)11-12-7-5-4-6-8-12/h4-5,12H,6-11H2,1-3H3. The number of hydrogen-bond acceptors (Lipinski definition) is 2. The first-order chi connectivity index (χ1) is 6.68. The zero-order chi connectivity index (χ0) is 10.4. The molecule has 0 aliphatic heterocycles. The second-order valence-electron chi connectivity index (χ2n) is 4.72. The topological polar surface area (TPSA) is 6.48 Å². The van der Waals surface area contributed by atoms with Gasteiger partial charge in [0.05, 0.1) is 0 Å². The van der Waals surface area contributed by atoms with Crippen LogP contribution in [0.5, 0.6) is 0 Å². The smallest absolute Gasteiger partial charge is 0.0106 e. The van der Waals surface area contributed by atoms with E-state index in [0.717, 1.165) is 5.92 Å². The molecule has 0 fully saturated rings. The van der Waals surface area contributed by atoms with Gasteiger partial charge in [0.25, 0.3) is 0 Å². The summed E-state index contributed by atoms with van der Waals surface area (Å²) in [7, 11) is 6.51. The summed E-state index contributed by atoms with van der Waals surface area (Å²) in [5.41, 5.74) is 0. The minimum atomic E-state index is 0.896. The molecule has 1 rings (SSSR count). The van der Waals surface area contributed by atoms with Gasteiger partial charge >= 0.3 is 0 Å². The minimum Gasteiger partial charge on any atom is -0.308 e. The molecule has 0 aromatic rings. The fraction of sp³-hybridized carbons (Fsp3) is 0.833. The second-order valence-corrected chi connectivity index (χ2v) is 4.72. The third-order valence-corrected chi connectivity index (χ3v) is 2.88. The highest BCUT2D eigenvalue weighted by Gasteiger charge is 2.11. The van der Waals surface area contributed by atoms with Crippen molar-refractivity contribution in [3.8, 4) is 0 Å². The zero-order valence-electron chi connectivity index (χ0n) is 9.87. The van der Waals surface area contributed by atoms with Gasteiger partial charge in [0.1, 0.15) is 0 Å². The van der Waals surface area contributed by atoms with Crippen LogP contribution < -0.4 is 0 Å². The van der Waals surface area contributed by atoms with Crippen LogP contribution in [0.4, 0.5) is 0 Å². The molecular formula is C12H24N2. The van der Waals surface area contributed by atoms with Crippen molar-refractivity contribution in [3.63, 3.8) is 0 Å². The van der Waals surface area contributed by atoms with E-state index < -0.39 is 0 Å². The predicted molar refractivity (Wildman–Crippen MR) is 62.5 cm³/mol. The number of rotatable bonds is 5. The number of hydrogen-bond donors (Lipinski definition) is 0. The Bertz CT molecular complexity index is 175. The van der Waals surface area contributed by atoms with E-state index in [4.69, 9.17) is 0 Å². The molecule has 1 atom stereocenters. The Balaban J connectivity index is 2.12. The van der Waals surface area contributed by atoms with E-state index in [1.165, 1.54) is 38.9 Å². The SMILES string of the molecule is CN(C)CCN(C)CC1CC=CCC1. The molecule has 0 bridgehead atoms. The number of allylic oxidation sites excluding steroid dienone is 2. The van der Waals surface area contributed by atoms with Crippen molar-refractivity contribution in [2.75, 3.05) is 40.8 Å². The van der Waals surface area contributed by atoms with E-state index in [0.29, 0.717) is 0 Å². The summed E-state index contributed by atoms with van der Waals surface area (Å²) in [5.74, 6) is 0.896. The summed E-state index contributed by atoms with van der Waals surface area (Å²) < 4.78 is 0. The molecule has 2 heteroatoms. The lowest BCUT2D eigenvalue weighted by Gasteiger charge is -2.25. The molecular weight excluding hydrogens is 172 g/mol. The first-order valence-electron chi connectivity index (χ1n) is 5.66. The normalized spacial score (nSPS) is 22.2. The number of likely N-dealkylation sites (N-methyl/N-ethyl adjacent to an activating group) is 2. The van der Waals surface area contributed by atoms with Crippen molar-refractivity contribution in [1.29, 1.82) is 0 Å². The van der Waals surface area contributed by atoms with Crippen LogP contribution in [0.2, 0.25) is 0 Å². The Labute approximate surface area is 88.6 Å². The Morgan fingerprint density at radius 1 is 1.14 bits per heavy atom. The Kier molecular flexibility index (Phi) is 5.20. The Morgan fingerprint density at radius 2 is 1.93 bits per heavy atom. The highest BCUT2D eigenvalue weighted by Crippen LogP contribution is 2.18. The molecule has 1 aliphatic carbocycles. The number of nitrogens with zero attached hydrogens (tertiary/aromatic N) is 2.